The summed E-state index contributed by atoms with van der Waals surface area (Å²) in [5.74, 6) is -0.508. The van der Waals surface area contributed by atoms with E-state index < -0.39 is 16.0 Å². The fraction of sp³-hybridized carbons (Fsp3) is 0.158. The molecular formula is C19H16ClNO3S3. The monoisotopic (exact) mass is 437 g/mol. The molecule has 0 radical (unpaired) electrons. The first-order valence-corrected chi connectivity index (χ1v) is 11.9. The van der Waals surface area contributed by atoms with E-state index in [9.17, 15) is 13.0 Å². The van der Waals surface area contributed by atoms with Gasteiger partial charge in [0, 0.05) is 19.5 Å². The molecule has 4 nitrogen and oxygen atoms in total. The predicted molar refractivity (Wildman–Crippen MR) is 115 cm³/mol. The first-order valence-electron chi connectivity index (χ1n) is 8.28. The maximum atomic E-state index is 11.6. The van der Waals surface area contributed by atoms with Gasteiger partial charge in [-0.25, -0.2) is 0 Å². The van der Waals surface area contributed by atoms with Gasteiger partial charge in [0.2, 0.25) is 0 Å². The van der Waals surface area contributed by atoms with Gasteiger partial charge in [-0.1, -0.05) is 48.5 Å². The van der Waals surface area contributed by atoms with E-state index in [1.54, 1.807) is 28.4 Å². The van der Waals surface area contributed by atoms with Gasteiger partial charge in [0.25, 0.3) is 10.1 Å². The van der Waals surface area contributed by atoms with Crippen LogP contribution in [0.15, 0.2) is 52.4 Å². The zero-order chi connectivity index (χ0) is 19.2. The van der Waals surface area contributed by atoms with Crippen molar-refractivity contribution in [1.82, 2.24) is 0 Å². The molecule has 1 N–H and O–H groups in total. The van der Waals surface area contributed by atoms with Crippen molar-refractivity contribution in [3.8, 4) is 0 Å². The Morgan fingerprint density at radius 1 is 1.22 bits per heavy atom. The van der Waals surface area contributed by atoms with Crippen molar-refractivity contribution in [3.63, 3.8) is 0 Å². The second-order valence-corrected chi connectivity index (χ2v) is 10.1. The average molecular weight is 438 g/mol. The van der Waals surface area contributed by atoms with Crippen LogP contribution >= 0.6 is 34.7 Å². The SMILES string of the molecule is CCc1c(C=C2Sc3ccc(Cl)cc3N2CS(=O)(=O)O)sc2ccccc12. The van der Waals surface area contributed by atoms with Crippen LogP contribution in [0.1, 0.15) is 17.4 Å². The summed E-state index contributed by atoms with van der Waals surface area (Å²) in [4.78, 5) is 3.61. The average Bonchev–Trinajstić information content (AvgIpc) is 3.12. The molecular weight excluding hydrogens is 422 g/mol. The molecule has 0 spiro atoms. The molecule has 0 saturated heterocycles. The van der Waals surface area contributed by atoms with Crippen molar-refractivity contribution in [2.75, 3.05) is 10.8 Å². The van der Waals surface area contributed by atoms with Crippen LogP contribution in [0, 0.1) is 0 Å². The Kier molecular flexibility index (Phi) is 4.98. The minimum atomic E-state index is -4.20. The Morgan fingerprint density at radius 2 is 2.00 bits per heavy atom. The van der Waals surface area contributed by atoms with Gasteiger partial charge in [0.05, 0.1) is 10.7 Å². The third kappa shape index (κ3) is 3.75. The molecule has 8 heteroatoms. The molecule has 140 valence electrons. The van der Waals surface area contributed by atoms with Gasteiger partial charge in [-0.05, 0) is 47.7 Å². The van der Waals surface area contributed by atoms with Crippen molar-refractivity contribution >= 4 is 66.7 Å². The summed E-state index contributed by atoms with van der Waals surface area (Å²) in [6.07, 6.45) is 2.89. The second kappa shape index (κ2) is 7.14. The summed E-state index contributed by atoms with van der Waals surface area (Å²) >= 11 is 9.26. The molecule has 0 aliphatic carbocycles. The second-order valence-electron chi connectivity index (χ2n) is 6.13. The highest BCUT2D eigenvalue weighted by molar-refractivity contribution is 8.04. The lowest BCUT2D eigenvalue weighted by molar-refractivity contribution is 0.483. The fourth-order valence-corrected chi connectivity index (χ4v) is 6.43. The molecule has 4 rings (SSSR count). The Labute approximate surface area is 171 Å². The van der Waals surface area contributed by atoms with E-state index in [0.717, 1.165) is 21.2 Å². The van der Waals surface area contributed by atoms with Gasteiger partial charge < -0.3 is 4.90 Å². The zero-order valence-electron chi connectivity index (χ0n) is 14.3. The topological polar surface area (TPSA) is 57.6 Å². The number of hydrogen-bond donors (Lipinski definition) is 1. The number of aryl methyl sites for hydroxylation is 1. The minimum Gasteiger partial charge on any atom is -0.317 e. The van der Waals surface area contributed by atoms with Crippen LogP contribution in [0.5, 0.6) is 0 Å². The van der Waals surface area contributed by atoms with E-state index in [2.05, 4.69) is 19.1 Å². The highest BCUT2D eigenvalue weighted by Gasteiger charge is 2.29. The zero-order valence-corrected chi connectivity index (χ0v) is 17.6. The van der Waals surface area contributed by atoms with E-state index in [0.29, 0.717) is 10.7 Å². The van der Waals surface area contributed by atoms with Crippen molar-refractivity contribution < 1.29 is 13.0 Å². The molecule has 1 aromatic heterocycles. The lowest BCUT2D eigenvalue weighted by Crippen LogP contribution is -2.25. The van der Waals surface area contributed by atoms with E-state index in [1.807, 2.05) is 24.3 Å². The summed E-state index contributed by atoms with van der Waals surface area (Å²) < 4.78 is 33.8. The molecule has 0 atom stereocenters. The number of fused-ring (bicyclic) bond motifs is 2. The number of thioether (sulfide) groups is 1. The highest BCUT2D eigenvalue weighted by atomic mass is 35.5. The Hall–Kier alpha value is -1.51. The number of nitrogens with zero attached hydrogens (tertiary/aromatic N) is 1. The van der Waals surface area contributed by atoms with E-state index in [4.69, 9.17) is 11.6 Å². The molecule has 1 aliphatic rings. The molecule has 0 unspecified atom stereocenters. The van der Waals surface area contributed by atoms with Crippen LogP contribution in [0.4, 0.5) is 5.69 Å². The highest BCUT2D eigenvalue weighted by Crippen LogP contribution is 2.48. The quantitative estimate of drug-likeness (QED) is 0.517. The molecule has 2 aromatic carbocycles. The lowest BCUT2D eigenvalue weighted by Gasteiger charge is -2.18. The van der Waals surface area contributed by atoms with Crippen LogP contribution in [0.3, 0.4) is 0 Å². The molecule has 0 saturated carbocycles. The van der Waals surface area contributed by atoms with Crippen molar-refractivity contribution in [3.05, 3.63) is 63.0 Å². The number of benzene rings is 2. The van der Waals surface area contributed by atoms with E-state index >= 15 is 0 Å². The molecule has 3 aromatic rings. The third-order valence-corrected chi connectivity index (χ3v) is 7.41. The molecule has 27 heavy (non-hydrogen) atoms. The lowest BCUT2D eigenvalue weighted by atomic mass is 10.1. The normalized spacial score (nSPS) is 15.7. The first-order chi connectivity index (χ1) is 12.9. The summed E-state index contributed by atoms with van der Waals surface area (Å²) in [5.41, 5.74) is 1.93. The van der Waals surface area contributed by atoms with Crippen molar-refractivity contribution in [2.24, 2.45) is 0 Å². The van der Waals surface area contributed by atoms with Crippen LogP contribution in [-0.2, 0) is 16.5 Å². The predicted octanol–water partition coefficient (Wildman–Crippen LogP) is 5.87. The maximum absolute atomic E-state index is 11.6. The molecule has 2 heterocycles. The maximum Gasteiger partial charge on any atom is 0.283 e. The van der Waals surface area contributed by atoms with Crippen molar-refractivity contribution in [2.45, 2.75) is 18.2 Å². The standard InChI is InChI=1S/C19H16ClNO3S3/c1-2-13-14-5-3-4-6-16(14)25-18(13)10-19-21(11-27(22,23)24)15-9-12(20)7-8-17(15)26-19/h3-10H,2,11H2,1H3,(H,22,23,24). The fourth-order valence-electron chi connectivity index (χ4n) is 3.19. The summed E-state index contributed by atoms with van der Waals surface area (Å²) in [7, 11) is -4.20. The number of anilines is 1. The number of hydrogen-bond acceptors (Lipinski definition) is 5. The minimum absolute atomic E-state index is 0.508. The smallest absolute Gasteiger partial charge is 0.283 e. The third-order valence-electron chi connectivity index (χ3n) is 4.32. The molecule has 0 amide bonds. The van der Waals surface area contributed by atoms with Crippen LogP contribution in [0.25, 0.3) is 16.2 Å². The van der Waals surface area contributed by atoms with Gasteiger partial charge in [0.1, 0.15) is 0 Å². The molecule has 1 aliphatic heterocycles. The molecule has 0 bridgehead atoms. The number of halogens is 1. The van der Waals surface area contributed by atoms with Gasteiger partial charge in [-0.2, -0.15) is 8.42 Å². The van der Waals surface area contributed by atoms with Gasteiger partial charge >= 0.3 is 0 Å². The van der Waals surface area contributed by atoms with Gasteiger partial charge in [-0.3, -0.25) is 4.55 Å². The van der Waals surface area contributed by atoms with Crippen LogP contribution in [0.2, 0.25) is 5.02 Å². The Bertz CT molecular complexity index is 1170. The molecule has 0 fully saturated rings. The number of rotatable bonds is 4. The van der Waals surface area contributed by atoms with Gasteiger partial charge in [-0.15, -0.1) is 11.3 Å². The Balaban J connectivity index is 1.85. The summed E-state index contributed by atoms with van der Waals surface area (Å²) in [6, 6.07) is 13.6. The van der Waals surface area contributed by atoms with E-state index in [1.165, 1.54) is 27.4 Å². The Morgan fingerprint density at radius 3 is 2.74 bits per heavy atom. The largest absolute Gasteiger partial charge is 0.317 e. The number of thiophene rings is 1. The first kappa shape index (κ1) is 18.8. The summed E-state index contributed by atoms with van der Waals surface area (Å²) in [6.45, 7) is 2.11. The summed E-state index contributed by atoms with van der Waals surface area (Å²) in [5, 5.41) is 2.50. The van der Waals surface area contributed by atoms with Crippen molar-refractivity contribution in [1.29, 1.82) is 0 Å². The van der Waals surface area contributed by atoms with Gasteiger partial charge in [0.15, 0.2) is 5.88 Å². The van der Waals surface area contributed by atoms with Crippen LogP contribution in [-0.4, -0.2) is 18.8 Å². The van der Waals surface area contributed by atoms with Crippen LogP contribution < -0.4 is 4.90 Å². The van der Waals surface area contributed by atoms with E-state index in [-0.39, 0.29) is 0 Å².